The van der Waals surface area contributed by atoms with Crippen molar-refractivity contribution in [1.82, 2.24) is 4.98 Å². The molecular formula is C20H14N2O7. The molecule has 9 heteroatoms. The van der Waals surface area contributed by atoms with Crippen LogP contribution in [0.3, 0.4) is 0 Å². The maximum Gasteiger partial charge on any atom is 0.342 e. The van der Waals surface area contributed by atoms with E-state index in [-0.39, 0.29) is 16.7 Å². The molecule has 0 radical (unpaired) electrons. The summed E-state index contributed by atoms with van der Waals surface area (Å²) in [4.78, 5) is 48.8. The number of aromatic carboxylic acids is 3. The number of rotatable bonds is 5. The fourth-order valence-electron chi connectivity index (χ4n) is 3.02. The predicted molar refractivity (Wildman–Crippen MR) is 103 cm³/mol. The van der Waals surface area contributed by atoms with Gasteiger partial charge in [-0.25, -0.2) is 14.4 Å². The van der Waals surface area contributed by atoms with Crippen LogP contribution in [0, 0.1) is 0 Å². The molecule has 0 saturated carbocycles. The van der Waals surface area contributed by atoms with Crippen LogP contribution in [0.4, 0.5) is 5.82 Å². The third kappa shape index (κ3) is 3.56. The number of pyridine rings is 1. The zero-order valence-corrected chi connectivity index (χ0v) is 14.7. The maximum atomic E-state index is 12.2. The molecular weight excluding hydrogens is 380 g/mol. The van der Waals surface area contributed by atoms with Crippen molar-refractivity contribution in [2.45, 2.75) is 0 Å². The Morgan fingerprint density at radius 3 is 1.90 bits per heavy atom. The van der Waals surface area contributed by atoms with E-state index in [1.165, 1.54) is 30.3 Å². The van der Waals surface area contributed by atoms with E-state index in [2.05, 4.69) is 0 Å². The number of carbonyl (C=O) groups is 3. The number of anilines is 1. The second kappa shape index (κ2) is 7.31. The second-order valence-corrected chi connectivity index (χ2v) is 6.07. The maximum absolute atomic E-state index is 12.2. The average molecular weight is 394 g/mol. The lowest BCUT2D eigenvalue weighted by molar-refractivity contribution is 0.0682. The van der Waals surface area contributed by atoms with Gasteiger partial charge in [0, 0.05) is 5.56 Å². The molecule has 0 aliphatic heterocycles. The van der Waals surface area contributed by atoms with E-state index in [1.54, 1.807) is 18.2 Å². The number of hydrogen-bond acceptors (Lipinski definition) is 5. The minimum atomic E-state index is -1.61. The van der Waals surface area contributed by atoms with E-state index in [0.29, 0.717) is 11.1 Å². The summed E-state index contributed by atoms with van der Waals surface area (Å²) in [5, 5.41) is 28.2. The number of nitrogens with two attached hydrogens (primary N) is 1. The molecule has 146 valence electrons. The normalized spacial score (nSPS) is 10.5. The van der Waals surface area contributed by atoms with Crippen molar-refractivity contribution in [3.05, 3.63) is 75.6 Å². The van der Waals surface area contributed by atoms with Crippen molar-refractivity contribution in [2.24, 2.45) is 0 Å². The summed E-state index contributed by atoms with van der Waals surface area (Å²) >= 11 is 0. The van der Waals surface area contributed by atoms with Crippen LogP contribution in [-0.4, -0.2) is 38.2 Å². The first-order valence-corrected chi connectivity index (χ1v) is 8.17. The van der Waals surface area contributed by atoms with Crippen molar-refractivity contribution in [3.63, 3.8) is 0 Å². The summed E-state index contributed by atoms with van der Waals surface area (Å²) in [6.07, 6.45) is 0. The van der Waals surface area contributed by atoms with Gasteiger partial charge in [-0.05, 0) is 34.9 Å². The number of hydrogen-bond donors (Lipinski definition) is 5. The minimum absolute atomic E-state index is 0.0470. The summed E-state index contributed by atoms with van der Waals surface area (Å²) in [5.41, 5.74) is 4.16. The van der Waals surface area contributed by atoms with Gasteiger partial charge in [-0.2, -0.15) is 0 Å². The largest absolute Gasteiger partial charge is 0.478 e. The van der Waals surface area contributed by atoms with Crippen molar-refractivity contribution in [1.29, 1.82) is 0 Å². The number of H-pyrrole nitrogens is 1. The Bertz CT molecular complexity index is 1230. The van der Waals surface area contributed by atoms with E-state index < -0.39 is 40.4 Å². The highest BCUT2D eigenvalue weighted by Gasteiger charge is 2.26. The third-order valence-electron chi connectivity index (χ3n) is 4.27. The van der Waals surface area contributed by atoms with Crippen LogP contribution in [0.5, 0.6) is 0 Å². The van der Waals surface area contributed by atoms with Crippen LogP contribution < -0.4 is 11.3 Å². The van der Waals surface area contributed by atoms with Crippen LogP contribution in [0.25, 0.3) is 22.3 Å². The molecule has 0 bridgehead atoms. The quantitative estimate of drug-likeness (QED) is 0.439. The van der Waals surface area contributed by atoms with Gasteiger partial charge >= 0.3 is 17.9 Å². The molecule has 0 aliphatic carbocycles. The molecule has 1 heterocycles. The number of carboxylic acids is 3. The molecule has 0 aliphatic rings. The number of nitrogen functional groups attached to an aromatic ring is 1. The Balaban J connectivity index is 2.31. The molecule has 6 N–H and O–H groups in total. The van der Waals surface area contributed by atoms with Gasteiger partial charge in [-0.15, -0.1) is 0 Å². The zero-order valence-electron chi connectivity index (χ0n) is 14.7. The third-order valence-corrected chi connectivity index (χ3v) is 4.27. The monoisotopic (exact) mass is 394 g/mol. The van der Waals surface area contributed by atoms with Gasteiger partial charge < -0.3 is 26.0 Å². The summed E-state index contributed by atoms with van der Waals surface area (Å²) in [5.74, 6) is -4.70. The first-order chi connectivity index (χ1) is 13.7. The van der Waals surface area contributed by atoms with Gasteiger partial charge in [0.2, 0.25) is 0 Å². The molecule has 0 unspecified atom stereocenters. The Morgan fingerprint density at radius 2 is 1.31 bits per heavy atom. The molecule has 3 rings (SSSR count). The molecule has 0 spiro atoms. The van der Waals surface area contributed by atoms with Crippen molar-refractivity contribution in [3.8, 4) is 22.3 Å². The molecule has 1 aromatic heterocycles. The Hall–Kier alpha value is -4.40. The van der Waals surface area contributed by atoms with Crippen LogP contribution in [0.2, 0.25) is 0 Å². The lowest BCUT2D eigenvalue weighted by atomic mass is 9.92. The van der Waals surface area contributed by atoms with E-state index in [9.17, 15) is 29.4 Å². The summed E-state index contributed by atoms with van der Waals surface area (Å²) in [6, 6.07) is 12.1. The zero-order chi connectivity index (χ0) is 21.3. The molecule has 29 heavy (non-hydrogen) atoms. The molecule has 0 atom stereocenters. The van der Waals surface area contributed by atoms with Crippen LogP contribution >= 0.6 is 0 Å². The molecule has 9 nitrogen and oxygen atoms in total. The van der Waals surface area contributed by atoms with Crippen LogP contribution in [0.1, 0.15) is 31.1 Å². The number of nitrogens with one attached hydrogen (secondary N) is 1. The van der Waals surface area contributed by atoms with E-state index in [1.807, 2.05) is 4.98 Å². The van der Waals surface area contributed by atoms with Gasteiger partial charge in [-0.1, -0.05) is 30.3 Å². The SMILES string of the molecule is Nc1[nH]c(=O)c(C(=O)O)c(-c2cccc(-c3cccc(C(=O)O)c3)c2)c1C(=O)O. The topological polar surface area (TPSA) is 171 Å². The highest BCUT2D eigenvalue weighted by molar-refractivity contribution is 6.07. The predicted octanol–water partition coefficient (Wildman–Crippen LogP) is 2.39. The highest BCUT2D eigenvalue weighted by atomic mass is 16.4. The fraction of sp³-hybridized carbons (Fsp3) is 0. The minimum Gasteiger partial charge on any atom is -0.478 e. The Morgan fingerprint density at radius 1 is 0.759 bits per heavy atom. The van der Waals surface area contributed by atoms with Crippen molar-refractivity contribution >= 4 is 23.7 Å². The molecule has 0 fully saturated rings. The molecule has 0 amide bonds. The van der Waals surface area contributed by atoms with E-state index in [4.69, 9.17) is 10.8 Å². The number of aromatic amines is 1. The Kier molecular flexibility index (Phi) is 4.88. The Labute approximate surface area is 162 Å². The van der Waals surface area contributed by atoms with E-state index >= 15 is 0 Å². The van der Waals surface area contributed by atoms with E-state index in [0.717, 1.165) is 0 Å². The average Bonchev–Trinajstić information content (AvgIpc) is 2.66. The molecule has 2 aromatic carbocycles. The first kappa shape index (κ1) is 19.4. The lowest BCUT2D eigenvalue weighted by Crippen LogP contribution is -2.24. The van der Waals surface area contributed by atoms with Crippen molar-refractivity contribution in [2.75, 3.05) is 5.73 Å². The first-order valence-electron chi connectivity index (χ1n) is 8.17. The standard InChI is InChI=1S/C20H14N2O7/c21-16-14(19(26)27)13(15(20(28)29)17(23)22-16)11-5-1-3-9(7-11)10-4-2-6-12(8-10)18(24)25/h1-8H,(H,24,25)(H,26,27)(H,28,29)(H3,21,22,23). The number of carboxylic acid groups (broad SMARTS) is 3. The summed E-state index contributed by atoms with van der Waals surface area (Å²) in [6.45, 7) is 0. The second-order valence-electron chi connectivity index (χ2n) is 6.07. The van der Waals surface area contributed by atoms with Gasteiger partial charge in [0.15, 0.2) is 0 Å². The van der Waals surface area contributed by atoms with Crippen LogP contribution in [0.15, 0.2) is 53.3 Å². The lowest BCUT2D eigenvalue weighted by Gasteiger charge is -2.13. The number of benzene rings is 2. The van der Waals surface area contributed by atoms with Gasteiger partial charge in [0.05, 0.1) is 5.56 Å². The smallest absolute Gasteiger partial charge is 0.342 e. The molecule has 0 saturated heterocycles. The number of aromatic nitrogens is 1. The highest BCUT2D eigenvalue weighted by Crippen LogP contribution is 2.32. The van der Waals surface area contributed by atoms with Gasteiger partial charge in [-0.3, -0.25) is 4.79 Å². The fourth-order valence-corrected chi connectivity index (χ4v) is 3.02. The van der Waals surface area contributed by atoms with Gasteiger partial charge in [0.25, 0.3) is 5.56 Å². The van der Waals surface area contributed by atoms with Crippen molar-refractivity contribution < 1.29 is 29.7 Å². The molecule has 3 aromatic rings. The van der Waals surface area contributed by atoms with Crippen LogP contribution in [-0.2, 0) is 0 Å². The summed E-state index contributed by atoms with van der Waals surface area (Å²) in [7, 11) is 0. The van der Waals surface area contributed by atoms with Gasteiger partial charge in [0.1, 0.15) is 16.9 Å². The summed E-state index contributed by atoms with van der Waals surface area (Å²) < 4.78 is 0.